The van der Waals surface area contributed by atoms with Crippen LogP contribution in [0, 0.1) is 10.1 Å². The summed E-state index contributed by atoms with van der Waals surface area (Å²) in [5.74, 6) is -0.977. The van der Waals surface area contributed by atoms with Gasteiger partial charge in [0.25, 0.3) is 5.69 Å². The molecule has 0 unspecified atom stereocenters. The molecule has 0 aliphatic carbocycles. The van der Waals surface area contributed by atoms with Crippen LogP contribution in [0.25, 0.3) is 0 Å². The molecular formula is C17H18N4O5. The second-order valence-electron chi connectivity index (χ2n) is 6.16. The zero-order chi connectivity index (χ0) is 18.7. The molecule has 0 radical (unpaired) electrons. The van der Waals surface area contributed by atoms with Gasteiger partial charge in [-0.3, -0.25) is 24.4 Å². The second-order valence-corrected chi connectivity index (χ2v) is 6.16. The number of carbonyl (C=O) groups is 2. The van der Waals surface area contributed by atoms with E-state index in [0.29, 0.717) is 37.3 Å². The maximum Gasteiger partial charge on any atom is 0.303 e. The number of carboxylic acids is 1. The zero-order valence-corrected chi connectivity index (χ0v) is 14.0. The number of carboxylic acid groups (broad SMARTS) is 1. The van der Waals surface area contributed by atoms with E-state index in [9.17, 15) is 19.7 Å². The minimum Gasteiger partial charge on any atom is -0.481 e. The molecule has 9 heteroatoms. The lowest BCUT2D eigenvalue weighted by atomic mass is 10.1. The maximum absolute atomic E-state index is 12.5. The summed E-state index contributed by atoms with van der Waals surface area (Å²) < 4.78 is 1.80. The zero-order valence-electron chi connectivity index (χ0n) is 14.0. The van der Waals surface area contributed by atoms with Gasteiger partial charge < -0.3 is 10.0 Å². The molecule has 2 aromatic rings. The molecule has 136 valence electrons. The highest BCUT2D eigenvalue weighted by Gasteiger charge is 2.23. The van der Waals surface area contributed by atoms with Crippen molar-refractivity contribution in [2.75, 3.05) is 6.54 Å². The molecule has 3 rings (SSSR count). The van der Waals surface area contributed by atoms with Crippen molar-refractivity contribution in [1.82, 2.24) is 14.7 Å². The Kier molecular flexibility index (Phi) is 4.97. The Morgan fingerprint density at radius 3 is 2.81 bits per heavy atom. The van der Waals surface area contributed by atoms with Crippen molar-refractivity contribution in [2.45, 2.75) is 32.4 Å². The number of benzene rings is 1. The Labute approximate surface area is 149 Å². The van der Waals surface area contributed by atoms with Crippen molar-refractivity contribution in [2.24, 2.45) is 0 Å². The normalized spacial score (nSPS) is 13.3. The van der Waals surface area contributed by atoms with Crippen LogP contribution in [-0.4, -0.2) is 43.1 Å². The number of hydrogen-bond acceptors (Lipinski definition) is 5. The van der Waals surface area contributed by atoms with Crippen LogP contribution in [0.5, 0.6) is 0 Å². The Hall–Kier alpha value is -3.23. The van der Waals surface area contributed by atoms with Gasteiger partial charge in [0.15, 0.2) is 0 Å². The van der Waals surface area contributed by atoms with E-state index in [1.807, 2.05) is 6.07 Å². The quantitative estimate of drug-likeness (QED) is 0.616. The van der Waals surface area contributed by atoms with Crippen LogP contribution >= 0.6 is 0 Å². The van der Waals surface area contributed by atoms with Gasteiger partial charge in [-0.15, -0.1) is 0 Å². The number of aromatic nitrogens is 2. The Morgan fingerprint density at radius 1 is 1.27 bits per heavy atom. The van der Waals surface area contributed by atoms with Gasteiger partial charge in [0, 0.05) is 25.1 Å². The number of aryl methyl sites for hydroxylation is 1. The van der Waals surface area contributed by atoms with Crippen molar-refractivity contribution < 1.29 is 19.6 Å². The van der Waals surface area contributed by atoms with Crippen LogP contribution in [0.1, 0.15) is 23.4 Å². The number of hydrogen-bond donors (Lipinski definition) is 1. The van der Waals surface area contributed by atoms with Crippen LogP contribution in [0.4, 0.5) is 5.69 Å². The van der Waals surface area contributed by atoms with E-state index in [4.69, 9.17) is 5.11 Å². The van der Waals surface area contributed by atoms with Crippen molar-refractivity contribution in [3.05, 3.63) is 57.4 Å². The first kappa shape index (κ1) is 17.6. The largest absolute Gasteiger partial charge is 0.481 e. The molecule has 0 fully saturated rings. The van der Waals surface area contributed by atoms with E-state index in [0.717, 1.165) is 5.69 Å². The van der Waals surface area contributed by atoms with Gasteiger partial charge in [-0.1, -0.05) is 12.1 Å². The summed E-state index contributed by atoms with van der Waals surface area (Å²) in [5, 5.41) is 24.0. The SMILES string of the molecule is O=C(O)CCc1cc2n(n1)CCN(C(=O)Cc1cccc([N+](=O)[O-])c1)C2. The van der Waals surface area contributed by atoms with E-state index in [1.54, 1.807) is 21.7 Å². The standard InChI is InChI=1S/C17H18N4O5/c22-16(9-12-2-1-3-14(8-12)21(25)26)19-6-7-20-15(11-19)10-13(18-20)4-5-17(23)24/h1-3,8,10H,4-7,9,11H2,(H,23,24). The summed E-state index contributed by atoms with van der Waals surface area (Å²) >= 11 is 0. The summed E-state index contributed by atoms with van der Waals surface area (Å²) in [4.78, 5) is 35.2. The van der Waals surface area contributed by atoms with Gasteiger partial charge in [0.05, 0.1) is 42.2 Å². The third-order valence-electron chi connectivity index (χ3n) is 4.27. The molecule has 1 N–H and O–H groups in total. The molecule has 0 spiro atoms. The summed E-state index contributed by atoms with van der Waals surface area (Å²) in [5.41, 5.74) is 2.14. The smallest absolute Gasteiger partial charge is 0.303 e. The van der Waals surface area contributed by atoms with E-state index in [2.05, 4.69) is 5.10 Å². The highest BCUT2D eigenvalue weighted by Crippen LogP contribution is 2.18. The third kappa shape index (κ3) is 4.05. The Balaban J connectivity index is 1.64. The fraction of sp³-hybridized carbons (Fsp3) is 0.353. The predicted octanol–water partition coefficient (Wildman–Crippen LogP) is 1.39. The molecule has 0 atom stereocenters. The van der Waals surface area contributed by atoms with Crippen LogP contribution < -0.4 is 0 Å². The fourth-order valence-electron chi connectivity index (χ4n) is 2.96. The lowest BCUT2D eigenvalue weighted by molar-refractivity contribution is -0.384. The molecule has 2 heterocycles. The van der Waals surface area contributed by atoms with Crippen molar-refractivity contribution >= 4 is 17.6 Å². The fourth-order valence-corrected chi connectivity index (χ4v) is 2.96. The number of aliphatic carboxylic acids is 1. The van der Waals surface area contributed by atoms with E-state index >= 15 is 0 Å². The molecule has 0 saturated heterocycles. The van der Waals surface area contributed by atoms with Gasteiger partial charge in [-0.05, 0) is 11.6 Å². The first-order valence-electron chi connectivity index (χ1n) is 8.21. The van der Waals surface area contributed by atoms with Gasteiger partial charge >= 0.3 is 5.97 Å². The average molecular weight is 358 g/mol. The molecule has 1 aromatic carbocycles. The minimum atomic E-state index is -0.871. The second kappa shape index (κ2) is 7.34. The van der Waals surface area contributed by atoms with Crippen LogP contribution in [-0.2, 0) is 35.5 Å². The summed E-state index contributed by atoms with van der Waals surface area (Å²) in [6.07, 6.45) is 0.477. The van der Waals surface area contributed by atoms with Crippen molar-refractivity contribution in [3.63, 3.8) is 0 Å². The molecule has 26 heavy (non-hydrogen) atoms. The lowest BCUT2D eigenvalue weighted by Crippen LogP contribution is -2.39. The highest BCUT2D eigenvalue weighted by atomic mass is 16.6. The number of amides is 1. The number of non-ortho nitro benzene ring substituents is 1. The van der Waals surface area contributed by atoms with Crippen LogP contribution in [0.3, 0.4) is 0 Å². The van der Waals surface area contributed by atoms with Gasteiger partial charge in [-0.2, -0.15) is 5.10 Å². The molecule has 1 aliphatic heterocycles. The third-order valence-corrected chi connectivity index (χ3v) is 4.27. The van der Waals surface area contributed by atoms with Crippen LogP contribution in [0.2, 0.25) is 0 Å². The molecule has 0 bridgehead atoms. The maximum atomic E-state index is 12.5. The Bertz CT molecular complexity index is 861. The number of nitrogens with zero attached hydrogens (tertiary/aromatic N) is 4. The van der Waals surface area contributed by atoms with Gasteiger partial charge in [0.1, 0.15) is 0 Å². The number of carbonyl (C=O) groups excluding carboxylic acids is 1. The van der Waals surface area contributed by atoms with E-state index < -0.39 is 10.9 Å². The Morgan fingerprint density at radius 2 is 2.08 bits per heavy atom. The lowest BCUT2D eigenvalue weighted by Gasteiger charge is -2.27. The molecule has 9 nitrogen and oxygen atoms in total. The number of nitro groups is 1. The first-order chi connectivity index (χ1) is 12.4. The van der Waals surface area contributed by atoms with Crippen molar-refractivity contribution in [3.8, 4) is 0 Å². The van der Waals surface area contributed by atoms with Gasteiger partial charge in [-0.25, -0.2) is 0 Å². The predicted molar refractivity (Wildman–Crippen MR) is 90.4 cm³/mol. The summed E-state index contributed by atoms with van der Waals surface area (Å²) in [6.45, 7) is 1.44. The molecule has 0 saturated carbocycles. The topological polar surface area (TPSA) is 119 Å². The average Bonchev–Trinajstić information content (AvgIpc) is 3.02. The molecule has 1 aromatic heterocycles. The monoisotopic (exact) mass is 358 g/mol. The number of nitro benzene ring substituents is 1. The minimum absolute atomic E-state index is 0.0197. The highest BCUT2D eigenvalue weighted by molar-refractivity contribution is 5.79. The summed E-state index contributed by atoms with van der Waals surface area (Å²) in [7, 11) is 0. The molecule has 1 amide bonds. The van der Waals surface area contributed by atoms with Crippen molar-refractivity contribution in [1.29, 1.82) is 0 Å². The van der Waals surface area contributed by atoms with E-state index in [1.165, 1.54) is 12.1 Å². The number of rotatable bonds is 6. The molecular weight excluding hydrogens is 340 g/mol. The number of fused-ring (bicyclic) bond motifs is 1. The van der Waals surface area contributed by atoms with E-state index in [-0.39, 0.29) is 24.4 Å². The summed E-state index contributed by atoms with van der Waals surface area (Å²) in [6, 6.07) is 7.90. The molecule has 1 aliphatic rings. The van der Waals surface area contributed by atoms with Gasteiger partial charge in [0.2, 0.25) is 5.91 Å². The van der Waals surface area contributed by atoms with Crippen LogP contribution in [0.15, 0.2) is 30.3 Å². The first-order valence-corrected chi connectivity index (χ1v) is 8.21.